The fourth-order valence-electron chi connectivity index (χ4n) is 2.08. The third-order valence-electron chi connectivity index (χ3n) is 3.09. The van der Waals surface area contributed by atoms with Crippen molar-refractivity contribution in [3.8, 4) is 11.1 Å². The Bertz CT molecular complexity index is 475. The van der Waals surface area contributed by atoms with E-state index >= 15 is 0 Å². The van der Waals surface area contributed by atoms with Crippen LogP contribution in [-0.2, 0) is 0 Å². The molecular formula is C13H17N3O. The highest BCUT2D eigenvalue weighted by atomic mass is 16.5. The van der Waals surface area contributed by atoms with E-state index in [0.717, 1.165) is 29.7 Å². The molecule has 90 valence electrons. The molecule has 0 fully saturated rings. The molecule has 17 heavy (non-hydrogen) atoms. The molecule has 0 aliphatic rings. The second kappa shape index (κ2) is 4.99. The van der Waals surface area contributed by atoms with Gasteiger partial charge in [-0.1, -0.05) is 19.0 Å². The van der Waals surface area contributed by atoms with Crippen molar-refractivity contribution in [2.75, 3.05) is 5.73 Å². The van der Waals surface area contributed by atoms with E-state index in [-0.39, 0.29) is 0 Å². The van der Waals surface area contributed by atoms with Gasteiger partial charge in [0.1, 0.15) is 0 Å². The minimum atomic E-state index is 0.387. The fraction of sp³-hybridized carbons (Fsp3) is 0.385. The molecule has 0 amide bonds. The van der Waals surface area contributed by atoms with Crippen molar-refractivity contribution in [1.82, 2.24) is 10.1 Å². The van der Waals surface area contributed by atoms with Gasteiger partial charge in [-0.3, -0.25) is 4.98 Å². The summed E-state index contributed by atoms with van der Waals surface area (Å²) in [6.07, 6.45) is 5.55. The number of hydrogen-bond acceptors (Lipinski definition) is 4. The number of aromatic nitrogens is 2. The summed E-state index contributed by atoms with van der Waals surface area (Å²) in [5.74, 6) is 0.775. The lowest BCUT2D eigenvalue weighted by molar-refractivity contribution is 0.416. The monoisotopic (exact) mass is 231 g/mol. The van der Waals surface area contributed by atoms with Crippen molar-refractivity contribution in [1.29, 1.82) is 0 Å². The normalized spacial score (nSPS) is 11.0. The van der Waals surface area contributed by atoms with Gasteiger partial charge in [-0.25, -0.2) is 0 Å². The van der Waals surface area contributed by atoms with E-state index in [4.69, 9.17) is 10.3 Å². The lowest BCUT2D eigenvalue weighted by Crippen LogP contribution is -1.99. The largest absolute Gasteiger partial charge is 0.367 e. The second-order valence-electron chi connectivity index (χ2n) is 4.06. The molecule has 0 spiro atoms. The van der Waals surface area contributed by atoms with Gasteiger partial charge in [0.2, 0.25) is 5.88 Å². The second-order valence-corrected chi connectivity index (χ2v) is 4.06. The summed E-state index contributed by atoms with van der Waals surface area (Å²) in [6.45, 7) is 4.30. The molecule has 2 heterocycles. The number of pyridine rings is 1. The number of anilines is 1. The zero-order valence-electron chi connectivity index (χ0n) is 10.2. The number of hydrogen-bond donors (Lipinski definition) is 1. The lowest BCUT2D eigenvalue weighted by Gasteiger charge is -2.10. The topological polar surface area (TPSA) is 64.9 Å². The first-order valence-corrected chi connectivity index (χ1v) is 5.93. The van der Waals surface area contributed by atoms with Gasteiger partial charge in [0.05, 0.1) is 11.3 Å². The van der Waals surface area contributed by atoms with Gasteiger partial charge in [-0.15, -0.1) is 0 Å². The van der Waals surface area contributed by atoms with Gasteiger partial charge in [0, 0.05) is 18.3 Å². The molecule has 4 heteroatoms. The Morgan fingerprint density at radius 3 is 2.47 bits per heavy atom. The molecule has 0 saturated carbocycles. The van der Waals surface area contributed by atoms with E-state index in [0.29, 0.717) is 11.8 Å². The molecule has 0 radical (unpaired) electrons. The first-order chi connectivity index (χ1) is 8.27. The maximum Gasteiger partial charge on any atom is 0.230 e. The van der Waals surface area contributed by atoms with Gasteiger partial charge in [0.15, 0.2) is 0 Å². The van der Waals surface area contributed by atoms with Crippen LogP contribution in [0.1, 0.15) is 38.3 Å². The van der Waals surface area contributed by atoms with Crippen molar-refractivity contribution in [3.05, 3.63) is 30.2 Å². The molecule has 2 N–H and O–H groups in total. The zero-order chi connectivity index (χ0) is 12.3. The first-order valence-electron chi connectivity index (χ1n) is 5.93. The molecule has 2 aromatic heterocycles. The van der Waals surface area contributed by atoms with Gasteiger partial charge in [-0.2, -0.15) is 0 Å². The molecule has 0 saturated heterocycles. The molecule has 0 aliphatic carbocycles. The molecule has 0 bridgehead atoms. The standard InChI is InChI=1S/C13H17N3O/c1-3-9(4-2)12-11(13(14)17-16-12)10-5-7-15-8-6-10/h5-9H,3-4,14H2,1-2H3. The third-order valence-corrected chi connectivity index (χ3v) is 3.09. The van der Waals surface area contributed by atoms with E-state index in [2.05, 4.69) is 24.0 Å². The van der Waals surface area contributed by atoms with Gasteiger partial charge in [0.25, 0.3) is 0 Å². The quantitative estimate of drug-likeness (QED) is 0.877. The number of nitrogens with two attached hydrogens (primary N) is 1. The van der Waals surface area contributed by atoms with Crippen molar-refractivity contribution in [3.63, 3.8) is 0 Å². The Morgan fingerprint density at radius 2 is 1.88 bits per heavy atom. The Morgan fingerprint density at radius 1 is 1.24 bits per heavy atom. The summed E-state index contributed by atoms with van der Waals surface area (Å²) >= 11 is 0. The van der Waals surface area contributed by atoms with E-state index in [1.807, 2.05) is 12.1 Å². The fourth-order valence-corrected chi connectivity index (χ4v) is 2.08. The molecular weight excluding hydrogens is 214 g/mol. The molecule has 0 unspecified atom stereocenters. The van der Waals surface area contributed by atoms with E-state index in [9.17, 15) is 0 Å². The third kappa shape index (κ3) is 2.16. The number of nitrogens with zero attached hydrogens (tertiary/aromatic N) is 2. The van der Waals surface area contributed by atoms with Gasteiger partial charge < -0.3 is 10.3 Å². The lowest BCUT2D eigenvalue weighted by atomic mass is 9.93. The average Bonchev–Trinajstić information content (AvgIpc) is 2.74. The van der Waals surface area contributed by atoms with Crippen LogP contribution in [0.25, 0.3) is 11.1 Å². The van der Waals surface area contributed by atoms with E-state index < -0.39 is 0 Å². The summed E-state index contributed by atoms with van der Waals surface area (Å²) in [6, 6.07) is 3.85. The molecule has 4 nitrogen and oxygen atoms in total. The predicted octanol–water partition coefficient (Wildman–Crippen LogP) is 3.22. The molecule has 2 rings (SSSR count). The maximum absolute atomic E-state index is 5.87. The van der Waals surface area contributed by atoms with E-state index in [1.54, 1.807) is 12.4 Å². The van der Waals surface area contributed by atoms with E-state index in [1.165, 1.54) is 0 Å². The van der Waals surface area contributed by atoms with Crippen LogP contribution >= 0.6 is 0 Å². The van der Waals surface area contributed by atoms with Crippen molar-refractivity contribution < 1.29 is 4.52 Å². The molecule has 2 aromatic rings. The Labute approximate surface area is 101 Å². The minimum absolute atomic E-state index is 0.387. The summed E-state index contributed by atoms with van der Waals surface area (Å²) in [7, 11) is 0. The number of nitrogen functional groups attached to an aromatic ring is 1. The molecule has 0 atom stereocenters. The Hall–Kier alpha value is -1.84. The van der Waals surface area contributed by atoms with Crippen LogP contribution in [0.2, 0.25) is 0 Å². The maximum atomic E-state index is 5.87. The highest BCUT2D eigenvalue weighted by Gasteiger charge is 2.21. The highest BCUT2D eigenvalue weighted by Crippen LogP contribution is 2.36. The summed E-state index contributed by atoms with van der Waals surface area (Å²) < 4.78 is 5.14. The SMILES string of the molecule is CCC(CC)c1noc(N)c1-c1ccncc1. The smallest absolute Gasteiger partial charge is 0.230 e. The predicted molar refractivity (Wildman–Crippen MR) is 67.5 cm³/mol. The summed E-state index contributed by atoms with van der Waals surface area (Å²) in [5, 5.41) is 4.11. The van der Waals surface area contributed by atoms with Crippen LogP contribution in [-0.4, -0.2) is 10.1 Å². The Balaban J connectivity index is 2.50. The first kappa shape index (κ1) is 11.6. The summed E-state index contributed by atoms with van der Waals surface area (Å²) in [5.41, 5.74) is 8.76. The van der Waals surface area contributed by atoms with Crippen LogP contribution in [0.5, 0.6) is 0 Å². The number of rotatable bonds is 4. The zero-order valence-corrected chi connectivity index (χ0v) is 10.2. The van der Waals surface area contributed by atoms with Crippen LogP contribution in [0.15, 0.2) is 29.0 Å². The van der Waals surface area contributed by atoms with Gasteiger partial charge >= 0.3 is 0 Å². The summed E-state index contributed by atoms with van der Waals surface area (Å²) in [4.78, 5) is 4.01. The van der Waals surface area contributed by atoms with Gasteiger partial charge in [-0.05, 0) is 30.5 Å². The van der Waals surface area contributed by atoms with Crippen molar-refractivity contribution in [2.45, 2.75) is 32.6 Å². The van der Waals surface area contributed by atoms with Crippen LogP contribution in [0.3, 0.4) is 0 Å². The molecule has 0 aliphatic heterocycles. The van der Waals surface area contributed by atoms with Crippen LogP contribution in [0.4, 0.5) is 5.88 Å². The van der Waals surface area contributed by atoms with Crippen molar-refractivity contribution in [2.24, 2.45) is 0 Å². The minimum Gasteiger partial charge on any atom is -0.367 e. The van der Waals surface area contributed by atoms with Crippen LogP contribution < -0.4 is 5.73 Å². The van der Waals surface area contributed by atoms with Crippen molar-refractivity contribution >= 4 is 5.88 Å². The highest BCUT2D eigenvalue weighted by molar-refractivity contribution is 5.75. The van der Waals surface area contributed by atoms with Crippen LogP contribution in [0, 0.1) is 0 Å². The average molecular weight is 231 g/mol. The Kier molecular flexibility index (Phi) is 3.42. The molecule has 0 aromatic carbocycles.